The van der Waals surface area contributed by atoms with Gasteiger partial charge in [-0.05, 0) is 31.0 Å². The van der Waals surface area contributed by atoms with E-state index in [2.05, 4.69) is 0 Å². The van der Waals surface area contributed by atoms with Gasteiger partial charge in [0.2, 0.25) is 5.91 Å². The smallest absolute Gasteiger partial charge is 0.239 e. The minimum atomic E-state index is -1.43. The average Bonchev–Trinajstić information content (AvgIpc) is 2.59. The van der Waals surface area contributed by atoms with E-state index in [1.807, 2.05) is 6.07 Å². The predicted octanol–water partition coefficient (Wildman–Crippen LogP) is 3.26. The molecule has 2 aromatic carbocycles. The fourth-order valence-electron chi connectivity index (χ4n) is 2.83. The molecule has 1 heterocycles. The van der Waals surface area contributed by atoms with Crippen LogP contribution in [0.25, 0.3) is 0 Å². The molecule has 0 N–H and O–H groups in total. The SMILES string of the molecule is O=C1C(S(=O)c2ccccc2)CCCN1Cc1ccc(F)cc1F. The standard InChI is InChI=1S/C18H17F2NO2S/c19-14-9-8-13(16(20)11-14)12-21-10-4-7-17(18(21)22)24(23)15-5-2-1-3-6-15/h1-3,5-6,8-9,11,17H,4,7,10,12H2. The molecule has 1 aliphatic rings. The Balaban J connectivity index is 1.76. The van der Waals surface area contributed by atoms with Crippen LogP contribution in [0.2, 0.25) is 0 Å². The summed E-state index contributed by atoms with van der Waals surface area (Å²) in [5.41, 5.74) is 0.260. The van der Waals surface area contributed by atoms with E-state index in [4.69, 9.17) is 0 Å². The fourth-order valence-corrected chi connectivity index (χ4v) is 4.30. The summed E-state index contributed by atoms with van der Waals surface area (Å²) in [6.45, 7) is 0.547. The quantitative estimate of drug-likeness (QED) is 0.850. The number of amides is 1. The van der Waals surface area contributed by atoms with Gasteiger partial charge in [0.15, 0.2) is 0 Å². The van der Waals surface area contributed by atoms with Gasteiger partial charge in [0.05, 0.1) is 10.8 Å². The lowest BCUT2D eigenvalue weighted by atomic mass is 10.1. The number of rotatable bonds is 4. The summed E-state index contributed by atoms with van der Waals surface area (Å²) in [5.74, 6) is -1.56. The van der Waals surface area contributed by atoms with Gasteiger partial charge in [0.25, 0.3) is 0 Å². The number of nitrogens with zero attached hydrogens (tertiary/aromatic N) is 1. The van der Waals surface area contributed by atoms with Gasteiger partial charge < -0.3 is 4.90 Å². The first-order valence-electron chi connectivity index (χ1n) is 7.74. The van der Waals surface area contributed by atoms with Crippen molar-refractivity contribution < 1.29 is 17.8 Å². The van der Waals surface area contributed by atoms with Gasteiger partial charge in [-0.2, -0.15) is 0 Å². The second kappa shape index (κ2) is 7.21. The normalized spacial score (nSPS) is 19.3. The molecule has 2 aromatic rings. The van der Waals surface area contributed by atoms with Crippen molar-refractivity contribution >= 4 is 16.7 Å². The van der Waals surface area contributed by atoms with Crippen molar-refractivity contribution in [3.63, 3.8) is 0 Å². The minimum Gasteiger partial charge on any atom is -0.337 e. The van der Waals surface area contributed by atoms with Crippen LogP contribution in [0.15, 0.2) is 53.4 Å². The number of likely N-dealkylation sites (tertiary alicyclic amines) is 1. The van der Waals surface area contributed by atoms with Gasteiger partial charge in [-0.15, -0.1) is 0 Å². The van der Waals surface area contributed by atoms with E-state index < -0.39 is 27.7 Å². The molecule has 3 rings (SSSR count). The maximum Gasteiger partial charge on any atom is 0.239 e. The van der Waals surface area contributed by atoms with Crippen molar-refractivity contribution in [2.45, 2.75) is 29.5 Å². The first kappa shape index (κ1) is 16.8. The monoisotopic (exact) mass is 349 g/mol. The molecule has 0 saturated carbocycles. The van der Waals surface area contributed by atoms with Gasteiger partial charge in [-0.1, -0.05) is 24.3 Å². The van der Waals surface area contributed by atoms with E-state index in [9.17, 15) is 17.8 Å². The lowest BCUT2D eigenvalue weighted by Crippen LogP contribution is -2.45. The summed E-state index contributed by atoms with van der Waals surface area (Å²) < 4.78 is 39.5. The van der Waals surface area contributed by atoms with E-state index in [1.54, 1.807) is 24.3 Å². The largest absolute Gasteiger partial charge is 0.337 e. The Bertz CT molecular complexity index is 767. The summed E-state index contributed by atoms with van der Waals surface area (Å²) in [4.78, 5) is 14.8. The molecular weight excluding hydrogens is 332 g/mol. The summed E-state index contributed by atoms with van der Waals surface area (Å²) in [5, 5.41) is -0.621. The lowest BCUT2D eigenvalue weighted by Gasteiger charge is -2.32. The zero-order chi connectivity index (χ0) is 17.1. The van der Waals surface area contributed by atoms with Gasteiger partial charge in [-0.25, -0.2) is 8.78 Å². The fraction of sp³-hybridized carbons (Fsp3) is 0.278. The predicted molar refractivity (Wildman–Crippen MR) is 87.6 cm³/mol. The van der Waals surface area contributed by atoms with Gasteiger partial charge in [-0.3, -0.25) is 9.00 Å². The van der Waals surface area contributed by atoms with Crippen LogP contribution in [0.5, 0.6) is 0 Å². The Morgan fingerprint density at radius 3 is 2.58 bits per heavy atom. The van der Waals surface area contributed by atoms with Crippen LogP contribution in [0.1, 0.15) is 18.4 Å². The van der Waals surface area contributed by atoms with Crippen molar-refractivity contribution in [3.8, 4) is 0 Å². The molecule has 6 heteroatoms. The number of halogens is 2. The molecule has 1 aliphatic heterocycles. The van der Waals surface area contributed by atoms with E-state index in [0.717, 1.165) is 6.07 Å². The summed E-state index contributed by atoms with van der Waals surface area (Å²) in [6.07, 6.45) is 1.25. The Hall–Kier alpha value is -2.08. The number of benzene rings is 2. The molecule has 1 amide bonds. The second-order valence-electron chi connectivity index (χ2n) is 5.74. The highest BCUT2D eigenvalue weighted by molar-refractivity contribution is 7.86. The lowest BCUT2D eigenvalue weighted by molar-refractivity contribution is -0.133. The first-order valence-corrected chi connectivity index (χ1v) is 8.96. The molecule has 0 bridgehead atoms. The molecule has 1 saturated heterocycles. The zero-order valence-corrected chi connectivity index (χ0v) is 13.8. The topological polar surface area (TPSA) is 37.4 Å². The third kappa shape index (κ3) is 3.53. The highest BCUT2D eigenvalue weighted by Gasteiger charge is 2.34. The second-order valence-corrected chi connectivity index (χ2v) is 7.37. The third-order valence-electron chi connectivity index (χ3n) is 4.09. The number of carbonyl (C=O) groups excluding carboxylic acids is 1. The molecular formula is C18H17F2NO2S. The Labute approximate surface area is 141 Å². The maximum absolute atomic E-state index is 13.8. The van der Waals surface area contributed by atoms with Gasteiger partial charge in [0, 0.05) is 29.6 Å². The molecule has 0 radical (unpaired) electrons. The Morgan fingerprint density at radius 1 is 1.12 bits per heavy atom. The van der Waals surface area contributed by atoms with Gasteiger partial charge >= 0.3 is 0 Å². The van der Waals surface area contributed by atoms with Crippen molar-refractivity contribution in [1.82, 2.24) is 4.90 Å². The minimum absolute atomic E-state index is 0.0629. The molecule has 126 valence electrons. The van der Waals surface area contributed by atoms with Crippen molar-refractivity contribution in [2.24, 2.45) is 0 Å². The van der Waals surface area contributed by atoms with Crippen molar-refractivity contribution in [3.05, 3.63) is 65.7 Å². The van der Waals surface area contributed by atoms with Crippen LogP contribution in [0.4, 0.5) is 8.78 Å². The highest BCUT2D eigenvalue weighted by Crippen LogP contribution is 2.23. The average molecular weight is 349 g/mol. The summed E-state index contributed by atoms with van der Waals surface area (Å²) in [6, 6.07) is 12.2. The maximum atomic E-state index is 13.8. The van der Waals surface area contributed by atoms with Gasteiger partial charge in [0.1, 0.15) is 16.9 Å². The van der Waals surface area contributed by atoms with E-state index in [1.165, 1.54) is 17.0 Å². The molecule has 2 atom stereocenters. The van der Waals surface area contributed by atoms with E-state index in [-0.39, 0.29) is 18.0 Å². The molecule has 0 aromatic heterocycles. The summed E-state index contributed by atoms with van der Waals surface area (Å²) in [7, 11) is -1.43. The molecule has 0 aliphatic carbocycles. The molecule has 0 spiro atoms. The number of carbonyl (C=O) groups is 1. The van der Waals surface area contributed by atoms with Crippen LogP contribution >= 0.6 is 0 Å². The van der Waals surface area contributed by atoms with Crippen LogP contribution in [-0.2, 0) is 22.1 Å². The Morgan fingerprint density at radius 2 is 1.88 bits per heavy atom. The third-order valence-corrected chi connectivity index (χ3v) is 5.78. The number of piperidine rings is 1. The van der Waals surface area contributed by atoms with Crippen LogP contribution in [0.3, 0.4) is 0 Å². The molecule has 1 fully saturated rings. The van der Waals surface area contributed by atoms with Crippen molar-refractivity contribution in [2.75, 3.05) is 6.54 Å². The Kier molecular flexibility index (Phi) is 5.04. The van der Waals surface area contributed by atoms with E-state index in [0.29, 0.717) is 24.3 Å². The molecule has 2 unspecified atom stereocenters. The number of hydrogen-bond acceptors (Lipinski definition) is 2. The van der Waals surface area contributed by atoms with Crippen LogP contribution in [0, 0.1) is 11.6 Å². The summed E-state index contributed by atoms with van der Waals surface area (Å²) >= 11 is 0. The number of hydrogen-bond donors (Lipinski definition) is 0. The van der Waals surface area contributed by atoms with E-state index >= 15 is 0 Å². The first-order chi connectivity index (χ1) is 11.6. The van der Waals surface area contributed by atoms with Crippen molar-refractivity contribution in [1.29, 1.82) is 0 Å². The van der Waals surface area contributed by atoms with Crippen LogP contribution < -0.4 is 0 Å². The van der Waals surface area contributed by atoms with Crippen LogP contribution in [-0.4, -0.2) is 26.8 Å². The molecule has 3 nitrogen and oxygen atoms in total. The zero-order valence-electron chi connectivity index (χ0n) is 13.0. The highest BCUT2D eigenvalue weighted by atomic mass is 32.2. The molecule has 24 heavy (non-hydrogen) atoms.